The number of aromatic nitrogens is 4. The van der Waals surface area contributed by atoms with Gasteiger partial charge in [-0.25, -0.2) is 14.8 Å². The third kappa shape index (κ3) is 3.22. The second-order valence-corrected chi connectivity index (χ2v) is 7.26. The van der Waals surface area contributed by atoms with Gasteiger partial charge in [0, 0.05) is 19.5 Å². The van der Waals surface area contributed by atoms with Crippen molar-refractivity contribution in [3.8, 4) is 6.07 Å². The number of aryl methyl sites for hydroxylation is 1. The van der Waals surface area contributed by atoms with Crippen molar-refractivity contribution >= 4 is 22.8 Å². The maximum absolute atomic E-state index is 12.7. The van der Waals surface area contributed by atoms with Gasteiger partial charge in [-0.1, -0.05) is 32.5 Å². The molecule has 0 spiro atoms. The van der Waals surface area contributed by atoms with E-state index in [0.717, 1.165) is 11.0 Å². The van der Waals surface area contributed by atoms with Gasteiger partial charge in [-0.3, -0.25) is 13.9 Å². The molecule has 2 heterocycles. The van der Waals surface area contributed by atoms with Crippen molar-refractivity contribution in [2.24, 2.45) is 7.05 Å². The van der Waals surface area contributed by atoms with Crippen molar-refractivity contribution in [2.45, 2.75) is 56.9 Å². The number of nitrogens with zero attached hydrogens (tertiary/aromatic N) is 5. The number of hydrogen-bond donors (Lipinski definition) is 0. The summed E-state index contributed by atoms with van der Waals surface area (Å²) in [6, 6.07) is 2.14. The molecule has 0 fully saturated rings. The summed E-state index contributed by atoms with van der Waals surface area (Å²) in [6.07, 6.45) is 0.741. The van der Waals surface area contributed by atoms with Crippen molar-refractivity contribution in [3.05, 3.63) is 26.7 Å². The van der Waals surface area contributed by atoms with E-state index >= 15 is 0 Å². The molecule has 2 aromatic heterocycles. The second kappa shape index (κ2) is 7.18. The zero-order chi connectivity index (χ0) is 18.0. The molecule has 0 amide bonds. The largest absolute Gasteiger partial charge is 0.332 e. The van der Waals surface area contributed by atoms with E-state index in [-0.39, 0.29) is 16.9 Å². The normalized spacial score (nSPS) is 12.5. The van der Waals surface area contributed by atoms with Crippen LogP contribution in [0.3, 0.4) is 0 Å². The molecule has 2 rings (SSSR count). The SMILES string of the molecule is CCCn1c(=O)n(C)c(=O)c2c(S[C@H](C)C#N)nc(C(C)C)nc21. The number of thioether (sulfide) groups is 1. The van der Waals surface area contributed by atoms with Gasteiger partial charge in [0.2, 0.25) is 0 Å². The van der Waals surface area contributed by atoms with Crippen LogP contribution in [-0.4, -0.2) is 24.4 Å². The fraction of sp³-hybridized carbons (Fsp3) is 0.562. The van der Waals surface area contributed by atoms with Gasteiger partial charge in [-0.05, 0) is 13.3 Å². The maximum Gasteiger partial charge on any atom is 0.332 e. The standard InChI is InChI=1S/C16H21N5O2S/c1-6-7-21-13-11(15(22)20(5)16(21)23)14(24-10(4)8-17)19-12(18-13)9(2)3/h9-10H,6-7H2,1-5H3/t10-/m1/s1. The van der Waals surface area contributed by atoms with Crippen LogP contribution in [-0.2, 0) is 13.6 Å². The Hall–Kier alpha value is -2.14. The third-order valence-electron chi connectivity index (χ3n) is 3.60. The molecule has 0 aliphatic heterocycles. The Kier molecular flexibility index (Phi) is 5.44. The highest BCUT2D eigenvalue weighted by Gasteiger charge is 2.20. The molecule has 0 N–H and O–H groups in total. The summed E-state index contributed by atoms with van der Waals surface area (Å²) in [6.45, 7) is 8.08. The first-order valence-corrected chi connectivity index (χ1v) is 8.77. The number of rotatable bonds is 5. The molecule has 0 unspecified atom stereocenters. The Morgan fingerprint density at radius 3 is 2.46 bits per heavy atom. The van der Waals surface area contributed by atoms with E-state index in [1.165, 1.54) is 23.4 Å². The first-order valence-electron chi connectivity index (χ1n) is 7.89. The van der Waals surface area contributed by atoms with Crippen LogP contribution in [0, 0.1) is 11.3 Å². The topological polar surface area (TPSA) is 93.6 Å². The molecule has 128 valence electrons. The van der Waals surface area contributed by atoms with Crippen LogP contribution >= 0.6 is 11.8 Å². The van der Waals surface area contributed by atoms with Gasteiger partial charge in [-0.15, -0.1) is 0 Å². The average Bonchev–Trinajstić information content (AvgIpc) is 2.55. The molecule has 0 aliphatic rings. The molecular weight excluding hydrogens is 326 g/mol. The van der Waals surface area contributed by atoms with Crippen LogP contribution in [0.2, 0.25) is 0 Å². The van der Waals surface area contributed by atoms with Crippen molar-refractivity contribution < 1.29 is 0 Å². The molecular formula is C16H21N5O2S. The van der Waals surface area contributed by atoms with Crippen LogP contribution in [0.4, 0.5) is 0 Å². The van der Waals surface area contributed by atoms with Crippen LogP contribution in [0.5, 0.6) is 0 Å². The lowest BCUT2D eigenvalue weighted by Crippen LogP contribution is -2.39. The van der Waals surface area contributed by atoms with Gasteiger partial charge in [0.05, 0.1) is 11.3 Å². The van der Waals surface area contributed by atoms with E-state index < -0.39 is 5.56 Å². The molecule has 2 aromatic rings. The van der Waals surface area contributed by atoms with Crippen LogP contribution in [0.1, 0.15) is 45.9 Å². The molecule has 1 atom stereocenters. The van der Waals surface area contributed by atoms with Crippen molar-refractivity contribution in [2.75, 3.05) is 0 Å². The zero-order valence-electron chi connectivity index (χ0n) is 14.5. The van der Waals surface area contributed by atoms with Crippen LogP contribution in [0.15, 0.2) is 14.6 Å². The van der Waals surface area contributed by atoms with E-state index in [2.05, 4.69) is 16.0 Å². The first kappa shape index (κ1) is 18.2. The number of fused-ring (bicyclic) bond motifs is 1. The van der Waals surface area contributed by atoms with Gasteiger partial charge in [0.25, 0.3) is 5.56 Å². The van der Waals surface area contributed by atoms with E-state index in [9.17, 15) is 9.59 Å². The summed E-state index contributed by atoms with van der Waals surface area (Å²) >= 11 is 1.22. The lowest BCUT2D eigenvalue weighted by Gasteiger charge is -2.15. The summed E-state index contributed by atoms with van der Waals surface area (Å²) in [5, 5.41) is 9.51. The van der Waals surface area contributed by atoms with Gasteiger partial charge in [0.1, 0.15) is 16.2 Å². The molecule has 0 saturated heterocycles. The number of nitriles is 1. The van der Waals surface area contributed by atoms with E-state index in [0.29, 0.717) is 28.4 Å². The maximum atomic E-state index is 12.7. The minimum absolute atomic E-state index is 0.0420. The first-order chi connectivity index (χ1) is 11.3. The van der Waals surface area contributed by atoms with Gasteiger partial charge >= 0.3 is 5.69 Å². The van der Waals surface area contributed by atoms with Gasteiger partial charge < -0.3 is 0 Å². The Bertz CT molecular complexity index is 923. The Morgan fingerprint density at radius 2 is 1.92 bits per heavy atom. The van der Waals surface area contributed by atoms with E-state index in [1.807, 2.05) is 20.8 Å². The van der Waals surface area contributed by atoms with Gasteiger partial charge in [0.15, 0.2) is 5.65 Å². The second-order valence-electron chi connectivity index (χ2n) is 5.93. The highest BCUT2D eigenvalue weighted by atomic mass is 32.2. The predicted octanol–water partition coefficient (Wildman–Crippen LogP) is 2.03. The summed E-state index contributed by atoms with van der Waals surface area (Å²) < 4.78 is 2.60. The fourth-order valence-corrected chi connectivity index (χ4v) is 3.15. The van der Waals surface area contributed by atoms with Gasteiger partial charge in [-0.2, -0.15) is 5.26 Å². The monoisotopic (exact) mass is 347 g/mol. The molecule has 7 nitrogen and oxygen atoms in total. The summed E-state index contributed by atoms with van der Waals surface area (Å²) in [4.78, 5) is 34.1. The average molecular weight is 347 g/mol. The molecule has 0 saturated carbocycles. The highest BCUT2D eigenvalue weighted by Crippen LogP contribution is 2.27. The van der Waals surface area contributed by atoms with E-state index in [1.54, 1.807) is 6.92 Å². The molecule has 0 radical (unpaired) electrons. The Labute approximate surface area is 144 Å². The smallest absolute Gasteiger partial charge is 0.277 e. The van der Waals surface area contributed by atoms with Crippen molar-refractivity contribution in [3.63, 3.8) is 0 Å². The molecule has 0 aliphatic carbocycles. The highest BCUT2D eigenvalue weighted by molar-refractivity contribution is 8.00. The lowest BCUT2D eigenvalue weighted by molar-refractivity contribution is 0.603. The van der Waals surface area contributed by atoms with E-state index in [4.69, 9.17) is 5.26 Å². The molecule has 8 heteroatoms. The quantitative estimate of drug-likeness (QED) is 0.607. The number of hydrogen-bond acceptors (Lipinski definition) is 6. The molecule has 0 bridgehead atoms. The summed E-state index contributed by atoms with van der Waals surface area (Å²) in [7, 11) is 1.45. The lowest BCUT2D eigenvalue weighted by atomic mass is 10.2. The fourth-order valence-electron chi connectivity index (χ4n) is 2.32. The minimum Gasteiger partial charge on any atom is -0.277 e. The predicted molar refractivity (Wildman–Crippen MR) is 94.4 cm³/mol. The molecule has 24 heavy (non-hydrogen) atoms. The van der Waals surface area contributed by atoms with Crippen LogP contribution in [0.25, 0.3) is 11.0 Å². The van der Waals surface area contributed by atoms with Crippen molar-refractivity contribution in [1.82, 2.24) is 19.1 Å². The summed E-state index contributed by atoms with van der Waals surface area (Å²) in [5.74, 6) is 0.605. The van der Waals surface area contributed by atoms with Crippen molar-refractivity contribution in [1.29, 1.82) is 5.26 Å². The van der Waals surface area contributed by atoms with Crippen LogP contribution < -0.4 is 11.2 Å². The Balaban J connectivity index is 2.97. The Morgan fingerprint density at radius 1 is 1.25 bits per heavy atom. The minimum atomic E-state index is -0.426. The third-order valence-corrected chi connectivity index (χ3v) is 4.58. The molecule has 0 aromatic carbocycles. The summed E-state index contributed by atoms with van der Waals surface area (Å²) in [5.41, 5.74) is -0.450. The zero-order valence-corrected chi connectivity index (χ0v) is 15.3.